The molecule has 1 atom stereocenters. The highest BCUT2D eigenvalue weighted by Gasteiger charge is 2.12. The number of rotatable bonds is 7. The van der Waals surface area contributed by atoms with Crippen molar-refractivity contribution in [2.45, 2.75) is 11.8 Å². The Hall–Kier alpha value is -1.14. The lowest BCUT2D eigenvalue weighted by Crippen LogP contribution is -2.17. The Morgan fingerprint density at radius 3 is 2.68 bits per heavy atom. The van der Waals surface area contributed by atoms with Crippen LogP contribution in [-0.4, -0.2) is 34.7 Å². The number of carboxylic acid groups (broad SMARTS) is 1. The van der Waals surface area contributed by atoms with E-state index in [9.17, 15) is 9.59 Å². The molecule has 0 saturated heterocycles. The zero-order valence-electron chi connectivity index (χ0n) is 10.9. The van der Waals surface area contributed by atoms with Gasteiger partial charge in [0.1, 0.15) is 0 Å². The van der Waals surface area contributed by atoms with E-state index >= 15 is 0 Å². The maximum atomic E-state index is 11.7. The summed E-state index contributed by atoms with van der Waals surface area (Å²) in [5.41, 5.74) is 0.798. The van der Waals surface area contributed by atoms with Crippen molar-refractivity contribution in [3.8, 4) is 0 Å². The Morgan fingerprint density at radius 1 is 1.37 bits per heavy atom. The highest BCUT2D eigenvalue weighted by atomic mass is 32.2. The molecule has 0 heterocycles. The summed E-state index contributed by atoms with van der Waals surface area (Å²) < 4.78 is 0. The lowest BCUT2D eigenvalue weighted by atomic mass is 10.2. The molecule has 0 radical (unpaired) electrons. The van der Waals surface area contributed by atoms with Crippen LogP contribution < -0.4 is 5.32 Å². The number of carbonyl (C=O) groups excluding carboxylic acids is 1. The molecular formula is C13H17NO3S2. The van der Waals surface area contributed by atoms with Gasteiger partial charge in [-0.1, -0.05) is 19.1 Å². The standard InChI is InChI=1S/C13H17NO3S2/c1-9(13(16)17)7-19-8-12(15)14-10-5-3-4-6-11(10)18-2/h3-6,9H,7-8H2,1-2H3,(H,14,15)(H,16,17). The van der Waals surface area contributed by atoms with E-state index in [0.29, 0.717) is 5.75 Å². The van der Waals surface area contributed by atoms with Gasteiger partial charge in [0.05, 0.1) is 17.4 Å². The molecule has 4 nitrogen and oxygen atoms in total. The molecule has 0 spiro atoms. The normalized spacial score (nSPS) is 11.9. The first-order valence-corrected chi connectivity index (χ1v) is 8.16. The largest absolute Gasteiger partial charge is 0.481 e. The summed E-state index contributed by atoms with van der Waals surface area (Å²) in [5.74, 6) is -0.672. The number of hydrogen-bond donors (Lipinski definition) is 2. The molecule has 1 aromatic carbocycles. The summed E-state index contributed by atoms with van der Waals surface area (Å²) in [6.07, 6.45) is 1.95. The van der Waals surface area contributed by atoms with Gasteiger partial charge in [0, 0.05) is 10.6 Å². The number of aliphatic carboxylic acids is 1. The van der Waals surface area contributed by atoms with Crippen molar-refractivity contribution in [2.24, 2.45) is 5.92 Å². The van der Waals surface area contributed by atoms with Gasteiger partial charge >= 0.3 is 5.97 Å². The number of thioether (sulfide) groups is 2. The average molecular weight is 299 g/mol. The van der Waals surface area contributed by atoms with Crippen molar-refractivity contribution < 1.29 is 14.7 Å². The molecule has 0 aliphatic carbocycles. The molecule has 0 fully saturated rings. The number of carboxylic acids is 1. The highest BCUT2D eigenvalue weighted by molar-refractivity contribution is 8.00. The molecule has 19 heavy (non-hydrogen) atoms. The van der Waals surface area contributed by atoms with Crippen molar-refractivity contribution in [1.29, 1.82) is 0 Å². The maximum Gasteiger partial charge on any atom is 0.307 e. The first-order chi connectivity index (χ1) is 9.04. The number of anilines is 1. The Morgan fingerprint density at radius 2 is 2.05 bits per heavy atom. The van der Waals surface area contributed by atoms with Crippen molar-refractivity contribution in [1.82, 2.24) is 0 Å². The minimum Gasteiger partial charge on any atom is -0.481 e. The van der Waals surface area contributed by atoms with Gasteiger partial charge in [0.15, 0.2) is 0 Å². The Labute approximate surface area is 121 Å². The predicted octanol–water partition coefficient (Wildman–Crippen LogP) is 2.80. The summed E-state index contributed by atoms with van der Waals surface area (Å²) in [5, 5.41) is 11.6. The lowest BCUT2D eigenvalue weighted by Gasteiger charge is -2.09. The number of nitrogens with one attached hydrogen (secondary N) is 1. The minimum absolute atomic E-state index is 0.107. The molecule has 1 amide bonds. The predicted molar refractivity (Wildman–Crippen MR) is 81.0 cm³/mol. The third-order valence-electron chi connectivity index (χ3n) is 2.40. The van der Waals surface area contributed by atoms with Gasteiger partial charge in [-0.05, 0) is 18.4 Å². The van der Waals surface area contributed by atoms with Crippen LogP contribution >= 0.6 is 23.5 Å². The van der Waals surface area contributed by atoms with E-state index in [1.54, 1.807) is 18.7 Å². The van der Waals surface area contributed by atoms with Crippen molar-refractivity contribution in [3.63, 3.8) is 0 Å². The number of hydrogen-bond acceptors (Lipinski definition) is 4. The molecule has 0 bridgehead atoms. The molecule has 0 aliphatic heterocycles. The summed E-state index contributed by atoms with van der Waals surface area (Å²) in [6.45, 7) is 1.64. The number of carbonyl (C=O) groups is 2. The van der Waals surface area contributed by atoms with Gasteiger partial charge in [0.2, 0.25) is 5.91 Å². The maximum absolute atomic E-state index is 11.7. The quantitative estimate of drug-likeness (QED) is 0.758. The second kappa shape index (κ2) is 8.12. The first kappa shape index (κ1) is 15.9. The van der Waals surface area contributed by atoms with Gasteiger partial charge in [-0.25, -0.2) is 0 Å². The van der Waals surface area contributed by atoms with E-state index in [1.807, 2.05) is 30.5 Å². The van der Waals surface area contributed by atoms with Gasteiger partial charge in [0.25, 0.3) is 0 Å². The minimum atomic E-state index is -0.833. The molecule has 1 rings (SSSR count). The average Bonchev–Trinajstić information content (AvgIpc) is 2.39. The Bertz CT molecular complexity index is 451. The SMILES string of the molecule is CSc1ccccc1NC(=O)CSCC(C)C(=O)O. The van der Waals surface area contributed by atoms with E-state index in [0.717, 1.165) is 10.6 Å². The second-order valence-corrected chi connectivity index (χ2v) is 5.88. The number of benzene rings is 1. The Balaban J connectivity index is 2.41. The van der Waals surface area contributed by atoms with Crippen LogP contribution in [0.4, 0.5) is 5.69 Å². The van der Waals surface area contributed by atoms with Gasteiger partial charge in [-0.15, -0.1) is 11.8 Å². The van der Waals surface area contributed by atoms with E-state index in [2.05, 4.69) is 5.32 Å². The molecule has 0 aromatic heterocycles. The summed E-state index contributed by atoms with van der Waals surface area (Å²) in [4.78, 5) is 23.4. The van der Waals surface area contributed by atoms with E-state index in [4.69, 9.17) is 5.11 Å². The molecule has 1 unspecified atom stereocenters. The number of para-hydroxylation sites is 1. The van der Waals surface area contributed by atoms with Crippen molar-refractivity contribution in [2.75, 3.05) is 23.1 Å². The van der Waals surface area contributed by atoms with E-state index in [1.165, 1.54) is 11.8 Å². The second-order valence-electron chi connectivity index (χ2n) is 4.00. The summed E-state index contributed by atoms with van der Waals surface area (Å²) >= 11 is 2.90. The monoisotopic (exact) mass is 299 g/mol. The smallest absolute Gasteiger partial charge is 0.307 e. The zero-order valence-corrected chi connectivity index (χ0v) is 12.5. The van der Waals surface area contributed by atoms with Crippen LogP contribution in [0, 0.1) is 5.92 Å². The molecule has 104 valence electrons. The van der Waals surface area contributed by atoms with Crippen LogP contribution in [-0.2, 0) is 9.59 Å². The van der Waals surface area contributed by atoms with Crippen LogP contribution in [0.5, 0.6) is 0 Å². The van der Waals surface area contributed by atoms with E-state index < -0.39 is 11.9 Å². The summed E-state index contributed by atoms with van der Waals surface area (Å²) in [6, 6.07) is 7.59. The molecule has 2 N–H and O–H groups in total. The van der Waals surface area contributed by atoms with Crippen molar-refractivity contribution in [3.05, 3.63) is 24.3 Å². The third kappa shape index (κ3) is 5.57. The first-order valence-electron chi connectivity index (χ1n) is 5.78. The Kier molecular flexibility index (Phi) is 6.80. The fourth-order valence-corrected chi connectivity index (χ4v) is 2.76. The molecule has 0 saturated carbocycles. The van der Waals surface area contributed by atoms with Gasteiger partial charge in [-0.3, -0.25) is 9.59 Å². The fourth-order valence-electron chi connectivity index (χ4n) is 1.33. The van der Waals surface area contributed by atoms with Crippen LogP contribution in [0.1, 0.15) is 6.92 Å². The molecule has 6 heteroatoms. The van der Waals surface area contributed by atoms with Crippen LogP contribution in [0.2, 0.25) is 0 Å². The van der Waals surface area contributed by atoms with Crippen LogP contribution in [0.3, 0.4) is 0 Å². The van der Waals surface area contributed by atoms with Crippen LogP contribution in [0.25, 0.3) is 0 Å². The van der Waals surface area contributed by atoms with Gasteiger partial charge in [-0.2, -0.15) is 11.8 Å². The van der Waals surface area contributed by atoms with Gasteiger partial charge < -0.3 is 10.4 Å². The fraction of sp³-hybridized carbons (Fsp3) is 0.385. The molecular weight excluding hydrogens is 282 g/mol. The topological polar surface area (TPSA) is 66.4 Å². The van der Waals surface area contributed by atoms with Crippen molar-refractivity contribution >= 4 is 41.1 Å². The lowest BCUT2D eigenvalue weighted by molar-refractivity contribution is -0.140. The zero-order chi connectivity index (χ0) is 14.3. The number of amides is 1. The third-order valence-corrected chi connectivity index (χ3v) is 4.40. The highest BCUT2D eigenvalue weighted by Crippen LogP contribution is 2.24. The van der Waals surface area contributed by atoms with Crippen LogP contribution in [0.15, 0.2) is 29.2 Å². The molecule has 0 aliphatic rings. The summed E-state index contributed by atoms with van der Waals surface area (Å²) in [7, 11) is 0. The molecule has 1 aromatic rings. The van der Waals surface area contributed by atoms with E-state index in [-0.39, 0.29) is 11.7 Å².